The maximum atomic E-state index is 13.5. The van der Waals surface area contributed by atoms with E-state index >= 15 is 0 Å². The second kappa shape index (κ2) is 7.89. The number of rotatable bonds is 5. The second-order valence-electron chi connectivity index (χ2n) is 6.64. The van der Waals surface area contributed by atoms with Crippen molar-refractivity contribution >= 4 is 17.9 Å². The Bertz CT molecular complexity index is 693. The maximum absolute atomic E-state index is 13.5. The number of halogens is 2. The first-order valence-corrected chi connectivity index (χ1v) is 8.89. The molecule has 1 aliphatic carbocycles. The van der Waals surface area contributed by atoms with Crippen molar-refractivity contribution in [3.63, 3.8) is 0 Å². The SMILES string of the molecule is O=C[C@H]1CC[C@H](CCc2ccc(-c3ccc(Cl)c(F)c3)nc2)CC1. The highest BCUT2D eigenvalue weighted by Crippen LogP contribution is 2.30. The van der Waals surface area contributed by atoms with Crippen LogP contribution in [0.25, 0.3) is 11.3 Å². The van der Waals surface area contributed by atoms with Gasteiger partial charge in [-0.1, -0.05) is 23.7 Å². The molecule has 126 valence electrons. The quantitative estimate of drug-likeness (QED) is 0.672. The molecule has 0 amide bonds. The van der Waals surface area contributed by atoms with Crippen LogP contribution in [0.1, 0.15) is 37.7 Å². The second-order valence-corrected chi connectivity index (χ2v) is 7.04. The minimum absolute atomic E-state index is 0.125. The third-order valence-electron chi connectivity index (χ3n) is 4.97. The van der Waals surface area contributed by atoms with E-state index in [9.17, 15) is 9.18 Å². The van der Waals surface area contributed by atoms with Gasteiger partial charge in [0.15, 0.2) is 0 Å². The molecule has 24 heavy (non-hydrogen) atoms. The molecule has 1 aliphatic rings. The lowest BCUT2D eigenvalue weighted by Crippen LogP contribution is -2.15. The first kappa shape index (κ1) is 17.1. The van der Waals surface area contributed by atoms with Gasteiger partial charge in [-0.05, 0) is 68.2 Å². The van der Waals surface area contributed by atoms with Crippen LogP contribution >= 0.6 is 11.6 Å². The number of nitrogens with zero attached hydrogens (tertiary/aromatic N) is 1. The van der Waals surface area contributed by atoms with Crippen LogP contribution in [0.3, 0.4) is 0 Å². The lowest BCUT2D eigenvalue weighted by Gasteiger charge is -2.25. The molecule has 1 heterocycles. The number of aryl methyl sites for hydroxylation is 1. The average molecular weight is 346 g/mol. The average Bonchev–Trinajstić information content (AvgIpc) is 2.63. The predicted octanol–water partition coefficient (Wildman–Crippen LogP) is 5.48. The van der Waals surface area contributed by atoms with Crippen molar-refractivity contribution in [3.8, 4) is 11.3 Å². The number of carbonyl (C=O) groups is 1. The molecule has 0 aliphatic heterocycles. The Balaban J connectivity index is 1.57. The number of aldehydes is 1. The number of carbonyl (C=O) groups excluding carboxylic acids is 1. The monoisotopic (exact) mass is 345 g/mol. The zero-order chi connectivity index (χ0) is 16.9. The summed E-state index contributed by atoms with van der Waals surface area (Å²) in [6, 6.07) is 8.74. The van der Waals surface area contributed by atoms with Gasteiger partial charge < -0.3 is 4.79 Å². The molecule has 2 nitrogen and oxygen atoms in total. The minimum atomic E-state index is -0.425. The summed E-state index contributed by atoms with van der Waals surface area (Å²) in [4.78, 5) is 15.2. The van der Waals surface area contributed by atoms with Gasteiger partial charge in [0.05, 0.1) is 10.7 Å². The van der Waals surface area contributed by atoms with Gasteiger partial charge in [0.1, 0.15) is 12.1 Å². The Morgan fingerprint density at radius 3 is 2.58 bits per heavy atom. The van der Waals surface area contributed by atoms with E-state index in [0.717, 1.165) is 56.1 Å². The van der Waals surface area contributed by atoms with Crippen molar-refractivity contribution in [2.24, 2.45) is 11.8 Å². The van der Waals surface area contributed by atoms with Gasteiger partial charge in [-0.25, -0.2) is 4.39 Å². The lowest BCUT2D eigenvalue weighted by atomic mass is 9.80. The molecule has 4 heteroatoms. The van der Waals surface area contributed by atoms with Crippen LogP contribution in [0, 0.1) is 17.7 Å². The van der Waals surface area contributed by atoms with Crippen LogP contribution in [0.5, 0.6) is 0 Å². The van der Waals surface area contributed by atoms with E-state index in [1.807, 2.05) is 12.3 Å². The molecule has 1 saturated carbocycles. The predicted molar refractivity (Wildman–Crippen MR) is 94.5 cm³/mol. The number of hydrogen-bond acceptors (Lipinski definition) is 2. The van der Waals surface area contributed by atoms with Gasteiger partial charge in [-0.3, -0.25) is 4.98 Å². The highest BCUT2D eigenvalue weighted by molar-refractivity contribution is 6.30. The van der Waals surface area contributed by atoms with Crippen molar-refractivity contribution in [2.45, 2.75) is 38.5 Å². The standard InChI is InChI=1S/C20H21ClFNO/c21-18-9-8-17(11-19(18)22)20-10-7-15(12-23-20)4-1-14-2-5-16(13-24)6-3-14/h7-14,16H,1-6H2/t14-,16-. The van der Waals surface area contributed by atoms with Crippen molar-refractivity contribution < 1.29 is 9.18 Å². The van der Waals surface area contributed by atoms with Crippen LogP contribution in [-0.2, 0) is 11.2 Å². The molecule has 1 aromatic heterocycles. The number of pyridine rings is 1. The Morgan fingerprint density at radius 1 is 1.17 bits per heavy atom. The summed E-state index contributed by atoms with van der Waals surface area (Å²) >= 11 is 5.71. The fraction of sp³-hybridized carbons (Fsp3) is 0.400. The molecule has 1 aromatic carbocycles. The molecule has 2 aromatic rings. The van der Waals surface area contributed by atoms with Gasteiger partial charge in [-0.2, -0.15) is 0 Å². The number of benzene rings is 1. The number of aromatic nitrogens is 1. The summed E-state index contributed by atoms with van der Waals surface area (Å²) in [6.45, 7) is 0. The Labute approximate surface area is 147 Å². The van der Waals surface area contributed by atoms with Gasteiger partial charge in [0.2, 0.25) is 0 Å². The Hall–Kier alpha value is -1.74. The Morgan fingerprint density at radius 2 is 1.96 bits per heavy atom. The van der Waals surface area contributed by atoms with Crippen molar-refractivity contribution in [1.82, 2.24) is 4.98 Å². The van der Waals surface area contributed by atoms with Gasteiger partial charge in [0, 0.05) is 17.7 Å². The third-order valence-corrected chi connectivity index (χ3v) is 5.27. The molecular formula is C20H21ClFNO. The summed E-state index contributed by atoms with van der Waals surface area (Å²) in [6.07, 6.45) is 9.50. The topological polar surface area (TPSA) is 30.0 Å². The van der Waals surface area contributed by atoms with Crippen LogP contribution in [0.2, 0.25) is 5.02 Å². The van der Waals surface area contributed by atoms with Crippen LogP contribution in [0.15, 0.2) is 36.5 Å². The van der Waals surface area contributed by atoms with Gasteiger partial charge >= 0.3 is 0 Å². The molecule has 0 saturated heterocycles. The van der Waals surface area contributed by atoms with E-state index in [1.165, 1.54) is 11.6 Å². The van der Waals surface area contributed by atoms with E-state index < -0.39 is 5.82 Å². The molecule has 1 fully saturated rings. The van der Waals surface area contributed by atoms with Crippen molar-refractivity contribution in [2.75, 3.05) is 0 Å². The molecule has 0 N–H and O–H groups in total. The Kier molecular flexibility index (Phi) is 5.62. The smallest absolute Gasteiger partial charge is 0.142 e. The molecule has 0 bridgehead atoms. The third kappa shape index (κ3) is 4.21. The molecular weight excluding hydrogens is 325 g/mol. The highest BCUT2D eigenvalue weighted by Gasteiger charge is 2.20. The van der Waals surface area contributed by atoms with Crippen molar-refractivity contribution in [3.05, 3.63) is 52.9 Å². The van der Waals surface area contributed by atoms with E-state index in [2.05, 4.69) is 11.1 Å². The molecule has 0 unspecified atom stereocenters. The first-order valence-electron chi connectivity index (χ1n) is 8.51. The fourth-order valence-electron chi connectivity index (χ4n) is 3.38. The molecule has 0 radical (unpaired) electrons. The molecule has 3 rings (SSSR count). The highest BCUT2D eigenvalue weighted by atomic mass is 35.5. The number of hydrogen-bond donors (Lipinski definition) is 0. The summed E-state index contributed by atoms with van der Waals surface area (Å²) in [5.74, 6) is 0.569. The largest absolute Gasteiger partial charge is 0.303 e. The van der Waals surface area contributed by atoms with E-state index in [0.29, 0.717) is 5.92 Å². The molecule has 0 atom stereocenters. The summed E-state index contributed by atoms with van der Waals surface area (Å²) < 4.78 is 13.5. The van der Waals surface area contributed by atoms with Crippen LogP contribution in [-0.4, -0.2) is 11.3 Å². The summed E-state index contributed by atoms with van der Waals surface area (Å²) in [7, 11) is 0. The lowest BCUT2D eigenvalue weighted by molar-refractivity contribution is -0.112. The first-order chi connectivity index (χ1) is 11.7. The van der Waals surface area contributed by atoms with Gasteiger partial charge in [0.25, 0.3) is 0 Å². The van der Waals surface area contributed by atoms with E-state index in [4.69, 9.17) is 11.6 Å². The minimum Gasteiger partial charge on any atom is -0.303 e. The fourth-order valence-corrected chi connectivity index (χ4v) is 3.50. The van der Waals surface area contributed by atoms with Crippen LogP contribution < -0.4 is 0 Å². The van der Waals surface area contributed by atoms with Gasteiger partial charge in [-0.15, -0.1) is 0 Å². The van der Waals surface area contributed by atoms with Crippen LogP contribution in [0.4, 0.5) is 4.39 Å². The summed E-state index contributed by atoms with van der Waals surface area (Å²) in [5.41, 5.74) is 2.68. The zero-order valence-electron chi connectivity index (χ0n) is 13.6. The van der Waals surface area contributed by atoms with Crippen molar-refractivity contribution in [1.29, 1.82) is 0 Å². The van der Waals surface area contributed by atoms with E-state index in [1.54, 1.807) is 12.1 Å². The summed E-state index contributed by atoms with van der Waals surface area (Å²) in [5, 5.41) is 0.125. The normalized spacial score (nSPS) is 20.8. The maximum Gasteiger partial charge on any atom is 0.142 e. The zero-order valence-corrected chi connectivity index (χ0v) is 14.3. The molecule has 0 spiro atoms. The van der Waals surface area contributed by atoms with E-state index in [-0.39, 0.29) is 10.9 Å².